The van der Waals surface area contributed by atoms with Gasteiger partial charge >= 0.3 is 0 Å². The molecule has 0 aromatic heterocycles. The van der Waals surface area contributed by atoms with E-state index < -0.39 is 6.04 Å². The first-order valence-electron chi connectivity index (χ1n) is 7.24. The summed E-state index contributed by atoms with van der Waals surface area (Å²) >= 11 is 0. The van der Waals surface area contributed by atoms with Crippen LogP contribution in [0.3, 0.4) is 0 Å². The summed E-state index contributed by atoms with van der Waals surface area (Å²) in [7, 11) is 0. The summed E-state index contributed by atoms with van der Waals surface area (Å²) < 4.78 is 0. The molecule has 1 heterocycles. The Labute approximate surface area is 123 Å². The van der Waals surface area contributed by atoms with Crippen molar-refractivity contribution in [1.82, 2.24) is 5.32 Å². The van der Waals surface area contributed by atoms with Crippen molar-refractivity contribution in [2.75, 3.05) is 5.32 Å². The Morgan fingerprint density at radius 1 is 1.24 bits per heavy atom. The monoisotopic (exact) mass is 282 g/mol. The van der Waals surface area contributed by atoms with Crippen LogP contribution < -0.4 is 10.6 Å². The number of aryl methyl sites for hydroxylation is 1. The van der Waals surface area contributed by atoms with E-state index in [1.54, 1.807) is 0 Å². The lowest BCUT2D eigenvalue weighted by atomic mass is 10.0. The predicted molar refractivity (Wildman–Crippen MR) is 83.1 cm³/mol. The highest BCUT2D eigenvalue weighted by atomic mass is 16.2. The fraction of sp³-hybridized carbons (Fsp3) is 0.294. The van der Waals surface area contributed by atoms with Gasteiger partial charge < -0.3 is 10.6 Å². The number of benzene rings is 2. The molecule has 1 aliphatic rings. The lowest BCUT2D eigenvalue weighted by Gasteiger charge is -2.23. The van der Waals surface area contributed by atoms with E-state index in [2.05, 4.69) is 10.6 Å². The Hall–Kier alpha value is -2.36. The quantitative estimate of drug-likeness (QED) is 0.889. The zero-order valence-corrected chi connectivity index (χ0v) is 12.0. The van der Waals surface area contributed by atoms with Gasteiger partial charge in [0.1, 0.15) is 6.04 Å². The van der Waals surface area contributed by atoms with Gasteiger partial charge in [-0.05, 0) is 30.7 Å². The maximum Gasteiger partial charge on any atom is 0.246 e. The lowest BCUT2D eigenvalue weighted by molar-refractivity contribution is -0.128. The zero-order valence-electron chi connectivity index (χ0n) is 12.0. The van der Waals surface area contributed by atoms with Gasteiger partial charge in [0.2, 0.25) is 11.8 Å². The van der Waals surface area contributed by atoms with Gasteiger partial charge in [0.15, 0.2) is 0 Å². The average Bonchev–Trinajstić information content (AvgIpc) is 2.50. The van der Waals surface area contributed by atoms with Gasteiger partial charge in [0.25, 0.3) is 0 Å². The van der Waals surface area contributed by atoms with Gasteiger partial charge in [-0.15, -0.1) is 0 Å². The molecule has 0 spiro atoms. The molecule has 0 radical (unpaired) electrons. The van der Waals surface area contributed by atoms with Crippen LogP contribution in [0, 0.1) is 6.92 Å². The predicted octanol–water partition coefficient (Wildman–Crippen LogP) is 2.76. The number of hydrogen-bond donors (Lipinski definition) is 2. The maximum absolute atomic E-state index is 12.4. The molecule has 2 aromatic carbocycles. The van der Waals surface area contributed by atoms with E-state index in [1.807, 2.05) is 43.3 Å². The number of carbonyl (C=O) groups is 2. The van der Waals surface area contributed by atoms with Crippen molar-refractivity contribution >= 4 is 28.3 Å². The zero-order chi connectivity index (χ0) is 14.8. The fourth-order valence-corrected chi connectivity index (χ4v) is 2.76. The second kappa shape index (κ2) is 5.56. The summed E-state index contributed by atoms with van der Waals surface area (Å²) in [4.78, 5) is 23.8. The number of anilines is 1. The molecular weight excluding hydrogens is 264 g/mol. The number of nitrogens with one attached hydrogen (secondary N) is 2. The molecule has 2 N–H and O–H groups in total. The van der Waals surface area contributed by atoms with Crippen LogP contribution in [0.4, 0.5) is 5.69 Å². The minimum absolute atomic E-state index is 0.0453. The third-order valence-corrected chi connectivity index (χ3v) is 3.93. The lowest BCUT2D eigenvalue weighted by Crippen LogP contribution is -2.46. The van der Waals surface area contributed by atoms with Gasteiger partial charge in [-0.25, -0.2) is 0 Å². The van der Waals surface area contributed by atoms with Crippen molar-refractivity contribution in [3.8, 4) is 0 Å². The highest BCUT2D eigenvalue weighted by Crippen LogP contribution is 2.27. The molecule has 4 heteroatoms. The van der Waals surface area contributed by atoms with Crippen molar-refractivity contribution in [3.05, 3.63) is 42.0 Å². The van der Waals surface area contributed by atoms with Crippen LogP contribution in [0.1, 0.15) is 24.8 Å². The molecule has 1 fully saturated rings. The molecule has 2 aromatic rings. The molecule has 21 heavy (non-hydrogen) atoms. The first-order chi connectivity index (χ1) is 10.1. The normalized spacial score (nSPS) is 18.3. The van der Waals surface area contributed by atoms with Crippen LogP contribution in [-0.2, 0) is 9.59 Å². The number of fused-ring (bicyclic) bond motifs is 1. The van der Waals surface area contributed by atoms with Crippen LogP contribution in [0.25, 0.3) is 10.8 Å². The molecule has 0 bridgehead atoms. The van der Waals surface area contributed by atoms with Crippen LogP contribution in [0.5, 0.6) is 0 Å². The summed E-state index contributed by atoms with van der Waals surface area (Å²) in [6, 6.07) is 11.6. The number of piperidine rings is 1. The van der Waals surface area contributed by atoms with E-state index in [4.69, 9.17) is 0 Å². The first-order valence-corrected chi connectivity index (χ1v) is 7.24. The summed E-state index contributed by atoms with van der Waals surface area (Å²) in [6.07, 6.45) is 1.97. The van der Waals surface area contributed by atoms with Gasteiger partial charge in [-0.2, -0.15) is 0 Å². The van der Waals surface area contributed by atoms with Crippen molar-refractivity contribution in [1.29, 1.82) is 0 Å². The van der Waals surface area contributed by atoms with Gasteiger partial charge in [-0.1, -0.05) is 36.4 Å². The van der Waals surface area contributed by atoms with Crippen LogP contribution in [0.2, 0.25) is 0 Å². The highest BCUT2D eigenvalue weighted by molar-refractivity contribution is 6.05. The van der Waals surface area contributed by atoms with Gasteiger partial charge in [0.05, 0.1) is 5.69 Å². The maximum atomic E-state index is 12.4. The Balaban J connectivity index is 1.89. The van der Waals surface area contributed by atoms with Crippen molar-refractivity contribution in [2.24, 2.45) is 0 Å². The summed E-state index contributed by atoms with van der Waals surface area (Å²) in [5.74, 6) is -0.182. The standard InChI is InChI=1S/C17H18N2O2/c1-11-9-10-12-5-2-3-6-13(12)16(11)19-17(21)14-7-4-8-15(20)18-14/h2-3,5-6,9-10,14H,4,7-8H2,1H3,(H,18,20)(H,19,21). The number of hydrogen-bond acceptors (Lipinski definition) is 2. The first kappa shape index (κ1) is 13.6. The molecule has 2 amide bonds. The van der Waals surface area contributed by atoms with E-state index in [1.165, 1.54) is 0 Å². The Kier molecular flexibility index (Phi) is 3.60. The summed E-state index contributed by atoms with van der Waals surface area (Å²) in [5.41, 5.74) is 1.85. The Morgan fingerprint density at radius 3 is 2.86 bits per heavy atom. The van der Waals surface area contributed by atoms with Crippen molar-refractivity contribution < 1.29 is 9.59 Å². The molecule has 1 unspecified atom stereocenters. The van der Waals surface area contributed by atoms with E-state index in [9.17, 15) is 9.59 Å². The second-order valence-electron chi connectivity index (χ2n) is 5.48. The topological polar surface area (TPSA) is 58.2 Å². The van der Waals surface area contributed by atoms with Crippen LogP contribution in [-0.4, -0.2) is 17.9 Å². The summed E-state index contributed by atoms with van der Waals surface area (Å²) in [5, 5.41) is 7.85. The van der Waals surface area contributed by atoms with Crippen LogP contribution in [0.15, 0.2) is 36.4 Å². The number of carbonyl (C=O) groups excluding carboxylic acids is 2. The molecule has 108 valence electrons. The number of amides is 2. The smallest absolute Gasteiger partial charge is 0.246 e. The molecule has 1 atom stereocenters. The third kappa shape index (κ3) is 2.75. The molecule has 4 nitrogen and oxygen atoms in total. The van der Waals surface area contributed by atoms with E-state index in [0.717, 1.165) is 28.4 Å². The van der Waals surface area contributed by atoms with E-state index >= 15 is 0 Å². The van der Waals surface area contributed by atoms with Crippen molar-refractivity contribution in [2.45, 2.75) is 32.2 Å². The molecule has 0 saturated carbocycles. The number of rotatable bonds is 2. The molecule has 1 aliphatic heterocycles. The Bertz CT molecular complexity index is 709. The highest BCUT2D eigenvalue weighted by Gasteiger charge is 2.25. The van der Waals surface area contributed by atoms with Gasteiger partial charge in [0, 0.05) is 11.8 Å². The van der Waals surface area contributed by atoms with E-state index in [-0.39, 0.29) is 11.8 Å². The second-order valence-corrected chi connectivity index (χ2v) is 5.48. The Morgan fingerprint density at radius 2 is 2.05 bits per heavy atom. The molecule has 0 aliphatic carbocycles. The van der Waals surface area contributed by atoms with E-state index in [0.29, 0.717) is 12.8 Å². The van der Waals surface area contributed by atoms with Crippen LogP contribution >= 0.6 is 0 Å². The SMILES string of the molecule is Cc1ccc2ccccc2c1NC(=O)C1CCCC(=O)N1. The minimum Gasteiger partial charge on any atom is -0.344 e. The average molecular weight is 282 g/mol. The fourth-order valence-electron chi connectivity index (χ4n) is 2.76. The minimum atomic E-state index is -0.426. The molecule has 1 saturated heterocycles. The van der Waals surface area contributed by atoms with Gasteiger partial charge in [-0.3, -0.25) is 9.59 Å². The summed E-state index contributed by atoms with van der Waals surface area (Å²) in [6.45, 7) is 1.97. The molecule has 3 rings (SSSR count). The van der Waals surface area contributed by atoms with Crippen molar-refractivity contribution in [3.63, 3.8) is 0 Å². The largest absolute Gasteiger partial charge is 0.344 e. The molecular formula is C17H18N2O2. The third-order valence-electron chi connectivity index (χ3n) is 3.93.